The monoisotopic (exact) mass is 475 g/mol. The van der Waals surface area contributed by atoms with E-state index in [1.54, 1.807) is 43.4 Å². The highest BCUT2D eigenvalue weighted by Gasteiger charge is 2.45. The lowest BCUT2D eigenvalue weighted by Gasteiger charge is -2.23. The molecule has 0 unspecified atom stereocenters. The van der Waals surface area contributed by atoms with Crippen molar-refractivity contribution >= 4 is 27.5 Å². The minimum absolute atomic E-state index is 0.193. The SMILES string of the molecule is Cn1nnc(-c2ccc([C@@H](C(=O)Nc3ccc(Br)cc3)[C@H]3CCC(F)(F)C3)cc2)n1. The second-order valence-electron chi connectivity index (χ2n) is 7.56. The Morgan fingerprint density at radius 1 is 1.20 bits per heavy atom. The van der Waals surface area contributed by atoms with Gasteiger partial charge < -0.3 is 5.32 Å². The molecule has 1 amide bonds. The molecule has 30 heavy (non-hydrogen) atoms. The van der Waals surface area contributed by atoms with Crippen LogP contribution in [0.2, 0.25) is 0 Å². The fourth-order valence-electron chi connectivity index (χ4n) is 3.90. The van der Waals surface area contributed by atoms with Crippen LogP contribution >= 0.6 is 15.9 Å². The summed E-state index contributed by atoms with van der Waals surface area (Å²) in [5.41, 5.74) is 2.06. The normalized spacial score (nSPS) is 18.9. The van der Waals surface area contributed by atoms with Crippen molar-refractivity contribution in [2.24, 2.45) is 13.0 Å². The smallest absolute Gasteiger partial charge is 0.248 e. The van der Waals surface area contributed by atoms with Gasteiger partial charge in [-0.3, -0.25) is 4.79 Å². The summed E-state index contributed by atoms with van der Waals surface area (Å²) in [6.45, 7) is 0. The lowest BCUT2D eigenvalue weighted by Crippen LogP contribution is -2.27. The Kier molecular flexibility index (Phi) is 5.64. The highest BCUT2D eigenvalue weighted by molar-refractivity contribution is 9.10. The molecule has 2 aromatic carbocycles. The average molecular weight is 476 g/mol. The number of tetrazole rings is 1. The number of rotatable bonds is 5. The van der Waals surface area contributed by atoms with Crippen LogP contribution in [0.5, 0.6) is 0 Å². The summed E-state index contributed by atoms with van der Waals surface area (Å²) >= 11 is 3.36. The van der Waals surface area contributed by atoms with Gasteiger partial charge in [-0.1, -0.05) is 40.2 Å². The van der Waals surface area contributed by atoms with Crippen LogP contribution in [0.25, 0.3) is 11.4 Å². The van der Waals surface area contributed by atoms with Gasteiger partial charge in [0.1, 0.15) is 0 Å². The predicted octanol–water partition coefficient (Wildman–Crippen LogP) is 4.80. The Morgan fingerprint density at radius 2 is 1.90 bits per heavy atom. The number of carbonyl (C=O) groups excluding carboxylic acids is 1. The quantitative estimate of drug-likeness (QED) is 0.575. The summed E-state index contributed by atoms with van der Waals surface area (Å²) < 4.78 is 28.8. The molecule has 0 bridgehead atoms. The zero-order valence-electron chi connectivity index (χ0n) is 16.2. The highest BCUT2D eigenvalue weighted by Crippen LogP contribution is 2.46. The van der Waals surface area contributed by atoms with Gasteiger partial charge in [0.25, 0.3) is 0 Å². The standard InChI is InChI=1S/C21H20BrF2N5O/c1-29-27-19(26-28-29)14-4-2-13(3-5-14)18(15-10-11-21(23,24)12-15)20(30)25-17-8-6-16(22)7-9-17/h2-9,15,18H,10-12H2,1H3,(H,25,30)/t15-,18+/m0/s1. The van der Waals surface area contributed by atoms with Crippen LogP contribution < -0.4 is 5.32 Å². The van der Waals surface area contributed by atoms with E-state index in [9.17, 15) is 13.6 Å². The summed E-state index contributed by atoms with van der Waals surface area (Å²) in [4.78, 5) is 14.5. The van der Waals surface area contributed by atoms with Gasteiger partial charge in [0.05, 0.1) is 13.0 Å². The van der Waals surface area contributed by atoms with Crippen molar-refractivity contribution in [2.75, 3.05) is 5.32 Å². The summed E-state index contributed by atoms with van der Waals surface area (Å²) in [5.74, 6) is -3.66. The van der Waals surface area contributed by atoms with Crippen LogP contribution in [-0.2, 0) is 11.8 Å². The molecular weight excluding hydrogens is 456 g/mol. The van der Waals surface area contributed by atoms with Gasteiger partial charge in [0.15, 0.2) is 0 Å². The third-order valence-corrected chi connectivity index (χ3v) is 5.87. The molecule has 0 spiro atoms. The van der Waals surface area contributed by atoms with Crippen molar-refractivity contribution in [3.63, 3.8) is 0 Å². The third-order valence-electron chi connectivity index (χ3n) is 5.34. The summed E-state index contributed by atoms with van der Waals surface area (Å²) in [5, 5.41) is 14.8. The number of benzene rings is 2. The first-order valence-electron chi connectivity index (χ1n) is 9.59. The Bertz CT molecular complexity index is 1040. The first-order valence-corrected chi connectivity index (χ1v) is 10.4. The largest absolute Gasteiger partial charge is 0.326 e. The molecule has 1 saturated carbocycles. The van der Waals surface area contributed by atoms with E-state index in [0.717, 1.165) is 10.0 Å². The number of aryl methyl sites for hydroxylation is 1. The number of hydrogen-bond acceptors (Lipinski definition) is 4. The zero-order valence-corrected chi connectivity index (χ0v) is 17.8. The van der Waals surface area contributed by atoms with Gasteiger partial charge in [-0.25, -0.2) is 8.78 Å². The molecule has 0 radical (unpaired) electrons. The molecule has 1 aromatic heterocycles. The van der Waals surface area contributed by atoms with Crippen molar-refractivity contribution in [1.82, 2.24) is 20.2 Å². The van der Waals surface area contributed by atoms with Gasteiger partial charge in [-0.2, -0.15) is 4.80 Å². The van der Waals surface area contributed by atoms with E-state index in [1.807, 2.05) is 12.1 Å². The number of anilines is 1. The molecule has 1 aliphatic carbocycles. The van der Waals surface area contributed by atoms with Gasteiger partial charge in [0.2, 0.25) is 17.7 Å². The van der Waals surface area contributed by atoms with Crippen molar-refractivity contribution in [2.45, 2.75) is 31.1 Å². The van der Waals surface area contributed by atoms with E-state index >= 15 is 0 Å². The molecule has 0 saturated heterocycles. The highest BCUT2D eigenvalue weighted by atomic mass is 79.9. The molecule has 9 heteroatoms. The van der Waals surface area contributed by atoms with Crippen molar-refractivity contribution in [1.29, 1.82) is 0 Å². The van der Waals surface area contributed by atoms with Gasteiger partial charge in [0, 0.05) is 28.6 Å². The molecule has 156 valence electrons. The molecule has 1 aliphatic rings. The summed E-state index contributed by atoms with van der Waals surface area (Å²) in [7, 11) is 1.67. The fourth-order valence-corrected chi connectivity index (χ4v) is 4.16. The van der Waals surface area contributed by atoms with Gasteiger partial charge >= 0.3 is 0 Å². The second-order valence-corrected chi connectivity index (χ2v) is 8.47. The number of nitrogens with zero attached hydrogens (tertiary/aromatic N) is 4. The van der Waals surface area contributed by atoms with Crippen molar-refractivity contribution in [3.8, 4) is 11.4 Å². The molecule has 1 N–H and O–H groups in total. The van der Waals surface area contributed by atoms with Crippen molar-refractivity contribution in [3.05, 3.63) is 58.6 Å². The number of halogens is 3. The molecule has 3 aromatic rings. The number of amides is 1. The van der Waals surface area contributed by atoms with E-state index in [2.05, 4.69) is 36.7 Å². The maximum Gasteiger partial charge on any atom is 0.248 e. The van der Waals surface area contributed by atoms with Crippen LogP contribution in [0.1, 0.15) is 30.7 Å². The second kappa shape index (κ2) is 8.22. The predicted molar refractivity (Wildman–Crippen MR) is 112 cm³/mol. The lowest BCUT2D eigenvalue weighted by molar-refractivity contribution is -0.118. The maximum atomic E-state index is 13.9. The number of hydrogen-bond donors (Lipinski definition) is 1. The molecular formula is C21H20BrF2N5O. The molecule has 4 rings (SSSR count). The summed E-state index contributed by atoms with van der Waals surface area (Å²) in [6, 6.07) is 14.3. The summed E-state index contributed by atoms with van der Waals surface area (Å²) in [6.07, 6.45) is -0.181. The van der Waals surface area contributed by atoms with E-state index < -0.39 is 17.8 Å². The average Bonchev–Trinajstić information content (AvgIpc) is 3.29. The van der Waals surface area contributed by atoms with E-state index in [1.165, 1.54) is 4.80 Å². The fraction of sp³-hybridized carbons (Fsp3) is 0.333. The molecule has 0 aliphatic heterocycles. The zero-order chi connectivity index (χ0) is 21.3. The lowest BCUT2D eigenvalue weighted by atomic mass is 9.83. The topological polar surface area (TPSA) is 72.7 Å². The number of nitrogens with one attached hydrogen (secondary N) is 1. The third kappa shape index (κ3) is 4.56. The van der Waals surface area contributed by atoms with Crippen LogP contribution in [0.15, 0.2) is 53.0 Å². The Labute approximate surface area is 180 Å². The molecule has 1 fully saturated rings. The molecule has 1 heterocycles. The first-order chi connectivity index (χ1) is 14.3. The van der Waals surface area contributed by atoms with E-state index in [4.69, 9.17) is 0 Å². The first kappa shape index (κ1) is 20.6. The van der Waals surface area contributed by atoms with Gasteiger partial charge in [-0.15, -0.1) is 10.2 Å². The van der Waals surface area contributed by atoms with Crippen LogP contribution in [-0.4, -0.2) is 32.0 Å². The maximum absolute atomic E-state index is 13.9. The number of aromatic nitrogens is 4. The molecule has 6 nitrogen and oxygen atoms in total. The van der Waals surface area contributed by atoms with E-state index in [-0.39, 0.29) is 18.7 Å². The minimum Gasteiger partial charge on any atom is -0.326 e. The van der Waals surface area contributed by atoms with Crippen molar-refractivity contribution < 1.29 is 13.6 Å². The van der Waals surface area contributed by atoms with Crippen LogP contribution in [0.4, 0.5) is 14.5 Å². The van der Waals surface area contributed by atoms with Crippen LogP contribution in [0, 0.1) is 5.92 Å². The number of alkyl halides is 2. The Hall–Kier alpha value is -2.68. The number of carbonyl (C=O) groups is 1. The van der Waals surface area contributed by atoms with E-state index in [0.29, 0.717) is 23.5 Å². The Morgan fingerprint density at radius 3 is 2.47 bits per heavy atom. The minimum atomic E-state index is -2.73. The van der Waals surface area contributed by atoms with Crippen LogP contribution in [0.3, 0.4) is 0 Å². The molecule has 2 atom stereocenters. The Balaban J connectivity index is 1.61. The van der Waals surface area contributed by atoms with Gasteiger partial charge in [-0.05, 0) is 47.4 Å².